The maximum absolute atomic E-state index is 13.4. The summed E-state index contributed by atoms with van der Waals surface area (Å²) in [6.45, 7) is 1.67. The second kappa shape index (κ2) is 3.96. The second-order valence-corrected chi connectivity index (χ2v) is 3.50. The van der Waals surface area contributed by atoms with Crippen LogP contribution in [0.3, 0.4) is 0 Å². The molecule has 0 unspecified atom stereocenters. The van der Waals surface area contributed by atoms with Crippen molar-refractivity contribution < 1.29 is 19.0 Å². The van der Waals surface area contributed by atoms with Crippen molar-refractivity contribution >= 4 is 21.9 Å². The highest BCUT2D eigenvalue weighted by Crippen LogP contribution is 2.33. The Morgan fingerprint density at radius 1 is 1.64 bits per heavy atom. The molecule has 0 atom stereocenters. The molecule has 0 fully saturated rings. The van der Waals surface area contributed by atoms with E-state index >= 15 is 0 Å². The zero-order chi connectivity index (χ0) is 10.9. The first kappa shape index (κ1) is 11.0. The monoisotopic (exact) mass is 262 g/mol. The van der Waals surface area contributed by atoms with E-state index in [1.807, 2.05) is 0 Å². The van der Waals surface area contributed by atoms with Gasteiger partial charge >= 0.3 is 5.97 Å². The molecular formula is C9H8BrFO3. The Morgan fingerprint density at radius 2 is 2.21 bits per heavy atom. The van der Waals surface area contributed by atoms with Gasteiger partial charge in [0, 0.05) is 0 Å². The van der Waals surface area contributed by atoms with Crippen LogP contribution in [-0.4, -0.2) is 18.2 Å². The number of halogens is 2. The molecule has 1 aromatic rings. The molecule has 0 heterocycles. The highest BCUT2D eigenvalue weighted by Gasteiger charge is 2.19. The molecule has 0 aromatic heterocycles. The molecule has 0 saturated carbocycles. The van der Waals surface area contributed by atoms with Gasteiger partial charge < -0.3 is 9.84 Å². The lowest BCUT2D eigenvalue weighted by Gasteiger charge is -2.09. The fraction of sp³-hybridized carbons (Fsp3) is 0.222. The van der Waals surface area contributed by atoms with E-state index in [1.54, 1.807) is 6.92 Å². The van der Waals surface area contributed by atoms with Crippen molar-refractivity contribution in [2.24, 2.45) is 0 Å². The number of hydrogen-bond donors (Lipinski definition) is 1. The molecule has 0 amide bonds. The van der Waals surface area contributed by atoms with E-state index < -0.39 is 11.8 Å². The lowest BCUT2D eigenvalue weighted by atomic mass is 10.1. The second-order valence-electron chi connectivity index (χ2n) is 2.71. The molecule has 0 aliphatic carbocycles. The fourth-order valence-electron chi connectivity index (χ4n) is 1.08. The lowest BCUT2D eigenvalue weighted by molar-refractivity contribution is 0.0691. The quantitative estimate of drug-likeness (QED) is 0.892. The number of aryl methyl sites for hydroxylation is 1. The van der Waals surface area contributed by atoms with Crippen LogP contribution in [0.25, 0.3) is 0 Å². The number of carboxylic acid groups (broad SMARTS) is 1. The van der Waals surface area contributed by atoms with Crippen molar-refractivity contribution in [3.63, 3.8) is 0 Å². The summed E-state index contributed by atoms with van der Waals surface area (Å²) in [5.74, 6) is -2.25. The highest BCUT2D eigenvalue weighted by molar-refractivity contribution is 9.10. The van der Waals surface area contributed by atoms with Gasteiger partial charge in [0.05, 0.1) is 17.1 Å². The topological polar surface area (TPSA) is 46.5 Å². The molecule has 76 valence electrons. The lowest BCUT2D eigenvalue weighted by Crippen LogP contribution is -2.04. The molecule has 1 rings (SSSR count). The van der Waals surface area contributed by atoms with E-state index in [-0.39, 0.29) is 11.3 Å². The zero-order valence-corrected chi connectivity index (χ0v) is 9.18. The Morgan fingerprint density at radius 3 is 2.64 bits per heavy atom. The van der Waals surface area contributed by atoms with Gasteiger partial charge in [-0.1, -0.05) is 0 Å². The van der Waals surface area contributed by atoms with E-state index in [1.165, 1.54) is 13.2 Å². The number of benzene rings is 1. The van der Waals surface area contributed by atoms with E-state index in [0.29, 0.717) is 10.0 Å². The minimum atomic E-state index is -1.31. The Bertz CT molecular complexity index is 390. The molecule has 0 aliphatic rings. The molecule has 3 nitrogen and oxygen atoms in total. The number of methoxy groups -OCH3 is 1. The number of rotatable bonds is 2. The normalized spacial score (nSPS) is 10.0. The summed E-state index contributed by atoms with van der Waals surface area (Å²) in [4.78, 5) is 10.6. The number of carbonyl (C=O) groups is 1. The molecule has 0 radical (unpaired) electrons. The summed E-state index contributed by atoms with van der Waals surface area (Å²) in [6, 6.07) is 1.25. The van der Waals surface area contributed by atoms with Gasteiger partial charge in [-0.25, -0.2) is 9.18 Å². The smallest absolute Gasteiger partial charge is 0.338 e. The standard InChI is InChI=1S/C9H8BrFO3/c1-4-3-5(9(12)13)7(11)8(14-2)6(4)10/h3H,1-2H3,(H,12,13). The zero-order valence-electron chi connectivity index (χ0n) is 7.60. The van der Waals surface area contributed by atoms with Crippen LogP contribution in [0.1, 0.15) is 15.9 Å². The van der Waals surface area contributed by atoms with Crippen LogP contribution in [0.5, 0.6) is 5.75 Å². The van der Waals surface area contributed by atoms with Gasteiger partial charge in [0.1, 0.15) is 0 Å². The molecule has 0 saturated heterocycles. The predicted octanol–water partition coefficient (Wildman–Crippen LogP) is 2.60. The third-order valence-electron chi connectivity index (χ3n) is 1.78. The molecule has 14 heavy (non-hydrogen) atoms. The number of hydrogen-bond acceptors (Lipinski definition) is 2. The SMILES string of the molecule is COc1c(F)c(C(=O)O)cc(C)c1Br. The molecule has 5 heteroatoms. The summed E-state index contributed by atoms with van der Waals surface area (Å²) in [6.07, 6.45) is 0. The van der Waals surface area contributed by atoms with Gasteiger partial charge in [0.15, 0.2) is 11.6 Å². The third kappa shape index (κ3) is 1.72. The van der Waals surface area contributed by atoms with Crippen LogP contribution in [-0.2, 0) is 0 Å². The van der Waals surface area contributed by atoms with Gasteiger partial charge in [-0.15, -0.1) is 0 Å². The average molecular weight is 263 g/mol. The summed E-state index contributed by atoms with van der Waals surface area (Å²) >= 11 is 3.12. The van der Waals surface area contributed by atoms with Crippen LogP contribution in [0, 0.1) is 12.7 Å². The van der Waals surface area contributed by atoms with Crippen LogP contribution in [0.15, 0.2) is 10.5 Å². The minimum absolute atomic E-state index is 0.0811. The molecule has 1 aromatic carbocycles. The average Bonchev–Trinajstić information content (AvgIpc) is 2.12. The summed E-state index contributed by atoms with van der Waals surface area (Å²) in [5.41, 5.74) is 0.225. The Kier molecular flexibility index (Phi) is 3.10. The third-order valence-corrected chi connectivity index (χ3v) is 2.76. The van der Waals surface area contributed by atoms with Gasteiger partial charge in [-0.3, -0.25) is 0 Å². The Hall–Kier alpha value is -1.10. The largest absolute Gasteiger partial charge is 0.492 e. The molecule has 0 aliphatic heterocycles. The van der Waals surface area contributed by atoms with E-state index in [2.05, 4.69) is 15.9 Å². The first-order chi connectivity index (χ1) is 6.49. The van der Waals surface area contributed by atoms with Gasteiger partial charge in [-0.2, -0.15) is 0 Å². The van der Waals surface area contributed by atoms with E-state index in [9.17, 15) is 9.18 Å². The molecule has 1 N–H and O–H groups in total. The van der Waals surface area contributed by atoms with Crippen molar-refractivity contribution in [2.45, 2.75) is 6.92 Å². The number of aromatic carboxylic acids is 1. The summed E-state index contributed by atoms with van der Waals surface area (Å²) in [5, 5.41) is 8.69. The predicted molar refractivity (Wildman–Crippen MR) is 52.3 cm³/mol. The molecule has 0 bridgehead atoms. The Balaban J connectivity index is 3.50. The van der Waals surface area contributed by atoms with Gasteiger partial charge in [0.25, 0.3) is 0 Å². The van der Waals surface area contributed by atoms with Crippen molar-refractivity contribution in [1.82, 2.24) is 0 Å². The first-order valence-electron chi connectivity index (χ1n) is 3.75. The molecular weight excluding hydrogens is 255 g/mol. The van der Waals surface area contributed by atoms with Crippen LogP contribution >= 0.6 is 15.9 Å². The van der Waals surface area contributed by atoms with Crippen LogP contribution in [0.2, 0.25) is 0 Å². The fourth-order valence-corrected chi connectivity index (χ4v) is 1.53. The van der Waals surface area contributed by atoms with Crippen molar-refractivity contribution in [1.29, 1.82) is 0 Å². The minimum Gasteiger partial charge on any atom is -0.492 e. The Labute approximate surface area is 88.6 Å². The van der Waals surface area contributed by atoms with E-state index in [0.717, 1.165) is 0 Å². The van der Waals surface area contributed by atoms with Crippen LogP contribution < -0.4 is 4.74 Å². The van der Waals surface area contributed by atoms with Gasteiger partial charge in [0.2, 0.25) is 0 Å². The first-order valence-corrected chi connectivity index (χ1v) is 4.54. The maximum Gasteiger partial charge on any atom is 0.338 e. The summed E-state index contributed by atoms with van der Waals surface area (Å²) < 4.78 is 18.6. The number of carboxylic acids is 1. The van der Waals surface area contributed by atoms with Crippen molar-refractivity contribution in [3.05, 3.63) is 27.5 Å². The van der Waals surface area contributed by atoms with Gasteiger partial charge in [-0.05, 0) is 34.5 Å². The van der Waals surface area contributed by atoms with Crippen LogP contribution in [0.4, 0.5) is 4.39 Å². The summed E-state index contributed by atoms with van der Waals surface area (Å²) in [7, 11) is 1.29. The highest BCUT2D eigenvalue weighted by atomic mass is 79.9. The van der Waals surface area contributed by atoms with Crippen molar-refractivity contribution in [2.75, 3.05) is 7.11 Å². The molecule has 0 spiro atoms. The van der Waals surface area contributed by atoms with E-state index in [4.69, 9.17) is 9.84 Å². The van der Waals surface area contributed by atoms with Crippen molar-refractivity contribution in [3.8, 4) is 5.75 Å². The maximum atomic E-state index is 13.4. The number of ether oxygens (including phenoxy) is 1.